The van der Waals surface area contributed by atoms with E-state index in [2.05, 4.69) is 22.5 Å². The molecule has 0 spiro atoms. The lowest BCUT2D eigenvalue weighted by Gasteiger charge is -2.22. The molecule has 1 saturated heterocycles. The van der Waals surface area contributed by atoms with Crippen LogP contribution in [0.15, 0.2) is 23.0 Å². The number of piperidine rings is 1. The smallest absolute Gasteiger partial charge is 0.318 e. The molecule has 1 aromatic heterocycles. The summed E-state index contributed by atoms with van der Waals surface area (Å²) in [6.07, 6.45) is 0.587. The number of fused-ring (bicyclic) bond motifs is 1. The molecule has 8 nitrogen and oxygen atoms in total. The molecular weight excluding hydrogens is 346 g/mol. The maximum atomic E-state index is 12.9. The molecule has 146 valence electrons. The average Bonchev–Trinajstić information content (AvgIpc) is 2.90. The average molecular weight is 373 g/mol. The Kier molecular flexibility index (Phi) is 5.76. The number of amides is 2. The van der Waals surface area contributed by atoms with E-state index in [-0.39, 0.29) is 18.0 Å². The first-order valence-electron chi connectivity index (χ1n) is 9.37. The standard InChI is InChI=1S/C19H27N5O3/c1-4-23(11-10-20-2)12-13-6-5-7-14-17(13)22(3)19(27)24(14)15-8-9-16(25)21-18(15)26/h5-7,15,20H,4,8-12H2,1-3H3,(H,21,25,26). The second-order valence-corrected chi connectivity index (χ2v) is 6.94. The van der Waals surface area contributed by atoms with Gasteiger partial charge in [-0.1, -0.05) is 19.1 Å². The van der Waals surface area contributed by atoms with Gasteiger partial charge in [-0.2, -0.15) is 0 Å². The molecule has 1 aliphatic rings. The number of nitrogens with one attached hydrogen (secondary N) is 2. The largest absolute Gasteiger partial charge is 0.329 e. The maximum Gasteiger partial charge on any atom is 0.329 e. The Balaban J connectivity index is 2.03. The van der Waals surface area contributed by atoms with Crippen molar-refractivity contribution in [2.45, 2.75) is 32.4 Å². The predicted molar refractivity (Wildman–Crippen MR) is 103 cm³/mol. The van der Waals surface area contributed by atoms with Crippen LogP contribution in [0.3, 0.4) is 0 Å². The summed E-state index contributed by atoms with van der Waals surface area (Å²) in [5.41, 5.74) is 2.40. The number of carbonyl (C=O) groups excluding carboxylic acids is 2. The Bertz CT molecular complexity index is 914. The fourth-order valence-corrected chi connectivity index (χ4v) is 3.74. The third-order valence-corrected chi connectivity index (χ3v) is 5.23. The number of benzene rings is 1. The summed E-state index contributed by atoms with van der Waals surface area (Å²) in [5, 5.41) is 5.50. The van der Waals surface area contributed by atoms with Gasteiger partial charge in [0.2, 0.25) is 11.8 Å². The number of carbonyl (C=O) groups is 2. The topological polar surface area (TPSA) is 88.4 Å². The summed E-state index contributed by atoms with van der Waals surface area (Å²) in [6, 6.07) is 5.17. The first-order valence-corrected chi connectivity index (χ1v) is 9.37. The monoisotopic (exact) mass is 373 g/mol. The molecule has 1 atom stereocenters. The van der Waals surface area contributed by atoms with Gasteiger partial charge < -0.3 is 5.32 Å². The zero-order valence-corrected chi connectivity index (χ0v) is 16.1. The number of aryl methyl sites for hydroxylation is 1. The van der Waals surface area contributed by atoms with Gasteiger partial charge in [0, 0.05) is 33.1 Å². The first-order chi connectivity index (χ1) is 13.0. The molecule has 1 unspecified atom stereocenters. The minimum atomic E-state index is -0.652. The quantitative estimate of drug-likeness (QED) is 0.684. The molecule has 8 heteroatoms. The van der Waals surface area contributed by atoms with E-state index in [1.807, 2.05) is 25.2 Å². The molecule has 2 amide bonds. The van der Waals surface area contributed by atoms with Crippen molar-refractivity contribution in [3.8, 4) is 0 Å². The molecule has 0 bridgehead atoms. The first kappa shape index (κ1) is 19.3. The summed E-state index contributed by atoms with van der Waals surface area (Å²) in [6.45, 7) is 5.54. The van der Waals surface area contributed by atoms with E-state index in [0.717, 1.165) is 42.8 Å². The van der Waals surface area contributed by atoms with Gasteiger partial charge >= 0.3 is 5.69 Å². The number of para-hydroxylation sites is 1. The number of hydrogen-bond acceptors (Lipinski definition) is 5. The molecule has 2 aromatic rings. The van der Waals surface area contributed by atoms with Crippen molar-refractivity contribution in [2.24, 2.45) is 7.05 Å². The lowest BCUT2D eigenvalue weighted by Crippen LogP contribution is -2.44. The Hall–Kier alpha value is -2.45. The highest BCUT2D eigenvalue weighted by Crippen LogP contribution is 2.25. The summed E-state index contributed by atoms with van der Waals surface area (Å²) in [7, 11) is 3.67. The van der Waals surface area contributed by atoms with Crippen LogP contribution in [0.2, 0.25) is 0 Å². The highest BCUT2D eigenvalue weighted by atomic mass is 16.2. The SMILES string of the molecule is CCN(CCNC)Cc1cccc2c1n(C)c(=O)n2C1CCC(=O)NC1=O. The summed E-state index contributed by atoms with van der Waals surface area (Å²) >= 11 is 0. The number of imide groups is 1. The van der Waals surface area contributed by atoms with Gasteiger partial charge in [0.05, 0.1) is 11.0 Å². The molecule has 3 rings (SSSR count). The van der Waals surface area contributed by atoms with Crippen molar-refractivity contribution in [1.29, 1.82) is 0 Å². The van der Waals surface area contributed by atoms with Crippen molar-refractivity contribution in [2.75, 3.05) is 26.7 Å². The van der Waals surface area contributed by atoms with Crippen LogP contribution < -0.4 is 16.3 Å². The van der Waals surface area contributed by atoms with Gasteiger partial charge in [0.1, 0.15) is 6.04 Å². The van der Waals surface area contributed by atoms with Crippen molar-refractivity contribution >= 4 is 22.8 Å². The third kappa shape index (κ3) is 3.68. The zero-order chi connectivity index (χ0) is 19.6. The van der Waals surface area contributed by atoms with Crippen LogP contribution in [0.25, 0.3) is 11.0 Å². The van der Waals surface area contributed by atoms with Gasteiger partial charge in [-0.05, 0) is 31.6 Å². The van der Waals surface area contributed by atoms with Crippen molar-refractivity contribution in [3.05, 3.63) is 34.2 Å². The zero-order valence-electron chi connectivity index (χ0n) is 16.1. The summed E-state index contributed by atoms with van der Waals surface area (Å²) < 4.78 is 3.14. The summed E-state index contributed by atoms with van der Waals surface area (Å²) in [4.78, 5) is 39.0. The lowest BCUT2D eigenvalue weighted by atomic mass is 10.1. The van der Waals surface area contributed by atoms with E-state index >= 15 is 0 Å². The van der Waals surface area contributed by atoms with E-state index < -0.39 is 11.9 Å². The number of rotatable bonds is 7. The molecule has 2 heterocycles. The molecule has 2 N–H and O–H groups in total. The van der Waals surface area contributed by atoms with E-state index in [9.17, 15) is 14.4 Å². The molecule has 1 aliphatic heterocycles. The summed E-state index contributed by atoms with van der Waals surface area (Å²) in [5.74, 6) is -0.691. The van der Waals surface area contributed by atoms with Crippen LogP contribution in [0.1, 0.15) is 31.4 Å². The van der Waals surface area contributed by atoms with Gasteiger partial charge in [0.25, 0.3) is 0 Å². The fourth-order valence-electron chi connectivity index (χ4n) is 3.74. The van der Waals surface area contributed by atoms with Crippen LogP contribution in [0.4, 0.5) is 0 Å². The van der Waals surface area contributed by atoms with Crippen molar-refractivity contribution in [3.63, 3.8) is 0 Å². The van der Waals surface area contributed by atoms with Crippen LogP contribution in [-0.2, 0) is 23.2 Å². The van der Waals surface area contributed by atoms with E-state index in [0.29, 0.717) is 6.42 Å². The third-order valence-electron chi connectivity index (χ3n) is 5.23. The fraction of sp³-hybridized carbons (Fsp3) is 0.526. The second kappa shape index (κ2) is 8.06. The minimum Gasteiger partial charge on any atom is -0.318 e. The lowest BCUT2D eigenvalue weighted by molar-refractivity contribution is -0.135. The normalized spacial score (nSPS) is 17.7. The Morgan fingerprint density at radius 1 is 1.30 bits per heavy atom. The van der Waals surface area contributed by atoms with Gasteiger partial charge in [-0.3, -0.25) is 28.9 Å². The number of aromatic nitrogens is 2. The number of likely N-dealkylation sites (N-methyl/N-ethyl adjacent to an activating group) is 2. The number of hydrogen-bond donors (Lipinski definition) is 2. The van der Waals surface area contributed by atoms with Crippen LogP contribution in [0, 0.1) is 0 Å². The van der Waals surface area contributed by atoms with E-state index in [1.165, 1.54) is 4.57 Å². The van der Waals surface area contributed by atoms with Gasteiger partial charge in [-0.15, -0.1) is 0 Å². The number of nitrogens with zero attached hydrogens (tertiary/aromatic N) is 3. The molecule has 0 aliphatic carbocycles. The highest BCUT2D eigenvalue weighted by Gasteiger charge is 2.31. The minimum absolute atomic E-state index is 0.231. The van der Waals surface area contributed by atoms with Crippen molar-refractivity contribution in [1.82, 2.24) is 24.7 Å². The molecule has 27 heavy (non-hydrogen) atoms. The maximum absolute atomic E-state index is 12.9. The van der Waals surface area contributed by atoms with Crippen LogP contribution in [0.5, 0.6) is 0 Å². The Morgan fingerprint density at radius 2 is 2.07 bits per heavy atom. The van der Waals surface area contributed by atoms with Crippen LogP contribution in [-0.4, -0.2) is 52.5 Å². The van der Waals surface area contributed by atoms with Crippen molar-refractivity contribution < 1.29 is 9.59 Å². The molecule has 0 radical (unpaired) electrons. The Labute approximate surface area is 158 Å². The highest BCUT2D eigenvalue weighted by molar-refractivity contribution is 6.00. The number of imidazole rings is 1. The molecular formula is C19H27N5O3. The Morgan fingerprint density at radius 3 is 2.74 bits per heavy atom. The van der Waals surface area contributed by atoms with Gasteiger partial charge in [0.15, 0.2) is 0 Å². The second-order valence-electron chi connectivity index (χ2n) is 6.94. The van der Waals surface area contributed by atoms with Gasteiger partial charge in [-0.25, -0.2) is 4.79 Å². The molecule has 0 saturated carbocycles. The van der Waals surface area contributed by atoms with Crippen LogP contribution >= 0.6 is 0 Å². The van der Waals surface area contributed by atoms with E-state index in [4.69, 9.17) is 0 Å². The molecule has 1 fully saturated rings. The molecule has 1 aromatic carbocycles. The predicted octanol–water partition coefficient (Wildman–Crippen LogP) is 0.359. The van der Waals surface area contributed by atoms with E-state index in [1.54, 1.807) is 11.6 Å².